The van der Waals surface area contributed by atoms with Gasteiger partial charge in [0.15, 0.2) is 0 Å². The van der Waals surface area contributed by atoms with Crippen molar-refractivity contribution in [2.75, 3.05) is 0 Å². The fourth-order valence-electron chi connectivity index (χ4n) is 1.72. The molecule has 0 unspecified atom stereocenters. The van der Waals surface area contributed by atoms with E-state index in [-0.39, 0.29) is 0 Å². The van der Waals surface area contributed by atoms with E-state index in [1.165, 1.54) is 0 Å². The maximum absolute atomic E-state index is 4.65. The van der Waals surface area contributed by atoms with Gasteiger partial charge in [0.05, 0.1) is 11.9 Å². The zero-order chi connectivity index (χ0) is 12.5. The van der Waals surface area contributed by atoms with Crippen molar-refractivity contribution in [1.82, 2.24) is 14.8 Å². The molecule has 0 radical (unpaired) electrons. The molecule has 2 aromatic heterocycles. The van der Waals surface area contributed by atoms with Gasteiger partial charge < -0.3 is 0 Å². The monoisotopic (exact) mass is 319 g/mol. The molecule has 3 aromatic rings. The number of hydrogen-bond acceptors (Lipinski definition) is 3. The summed E-state index contributed by atoms with van der Waals surface area (Å²) in [6.45, 7) is 0. The third-order valence-corrected chi connectivity index (χ3v) is 3.96. The van der Waals surface area contributed by atoms with E-state index in [4.69, 9.17) is 0 Å². The summed E-state index contributed by atoms with van der Waals surface area (Å²) in [5.41, 5.74) is 3.18. The van der Waals surface area contributed by atoms with E-state index in [1.807, 2.05) is 31.6 Å². The number of thiazole rings is 1. The van der Waals surface area contributed by atoms with Crippen molar-refractivity contribution >= 4 is 27.3 Å². The van der Waals surface area contributed by atoms with Crippen LogP contribution in [0.4, 0.5) is 0 Å². The molecule has 5 heteroatoms. The Morgan fingerprint density at radius 3 is 2.89 bits per heavy atom. The largest absolute Gasteiger partial charge is 0.275 e. The van der Waals surface area contributed by atoms with Crippen LogP contribution in [0.1, 0.15) is 0 Å². The van der Waals surface area contributed by atoms with Gasteiger partial charge in [-0.05, 0) is 12.1 Å². The van der Waals surface area contributed by atoms with Crippen LogP contribution in [0.15, 0.2) is 46.5 Å². The summed E-state index contributed by atoms with van der Waals surface area (Å²) in [4.78, 5) is 4.65. The lowest BCUT2D eigenvalue weighted by molar-refractivity contribution is 0.768. The van der Waals surface area contributed by atoms with E-state index in [0.717, 1.165) is 26.3 Å². The Balaban J connectivity index is 1.99. The van der Waals surface area contributed by atoms with Crippen molar-refractivity contribution in [1.29, 1.82) is 0 Å². The second-order valence-corrected chi connectivity index (χ2v) is 5.72. The molecule has 0 aliphatic rings. The lowest BCUT2D eigenvalue weighted by atomic mass is 10.2. The minimum Gasteiger partial charge on any atom is -0.275 e. The highest BCUT2D eigenvalue weighted by Gasteiger charge is 2.08. The molecule has 0 fully saturated rings. The van der Waals surface area contributed by atoms with Crippen LogP contribution in [0.3, 0.4) is 0 Å². The van der Waals surface area contributed by atoms with E-state index >= 15 is 0 Å². The summed E-state index contributed by atoms with van der Waals surface area (Å²) in [5, 5.41) is 7.24. The number of rotatable bonds is 2. The predicted octanol–water partition coefficient (Wildman–Crippen LogP) is 3.97. The minimum absolute atomic E-state index is 0.998. The first-order valence-electron chi connectivity index (χ1n) is 5.43. The average molecular weight is 320 g/mol. The topological polar surface area (TPSA) is 30.7 Å². The third kappa shape index (κ3) is 2.23. The quantitative estimate of drug-likeness (QED) is 0.715. The van der Waals surface area contributed by atoms with Gasteiger partial charge >= 0.3 is 0 Å². The number of aromatic nitrogens is 3. The molecule has 0 N–H and O–H groups in total. The van der Waals surface area contributed by atoms with E-state index in [2.05, 4.69) is 43.5 Å². The molecule has 0 atom stereocenters. The minimum atomic E-state index is 0.998. The van der Waals surface area contributed by atoms with Crippen LogP contribution in [0.5, 0.6) is 0 Å². The lowest BCUT2D eigenvalue weighted by Gasteiger charge is -1.96. The smallest absolute Gasteiger partial charge is 0.127 e. The number of halogens is 1. The average Bonchev–Trinajstić information content (AvgIpc) is 2.97. The third-order valence-electron chi connectivity index (χ3n) is 2.58. The Morgan fingerprint density at radius 2 is 2.17 bits per heavy atom. The molecule has 3 rings (SSSR count). The highest BCUT2D eigenvalue weighted by atomic mass is 79.9. The maximum atomic E-state index is 4.65. The SMILES string of the molecule is Cn1cc(-c2nc(-c3cccc(Br)c3)cs2)cn1. The zero-order valence-electron chi connectivity index (χ0n) is 9.67. The van der Waals surface area contributed by atoms with Crippen LogP contribution in [-0.2, 0) is 7.05 Å². The van der Waals surface area contributed by atoms with E-state index in [1.54, 1.807) is 16.0 Å². The first kappa shape index (κ1) is 11.6. The fraction of sp³-hybridized carbons (Fsp3) is 0.0769. The number of benzene rings is 1. The van der Waals surface area contributed by atoms with Crippen LogP contribution < -0.4 is 0 Å². The molecule has 2 heterocycles. The van der Waals surface area contributed by atoms with E-state index in [0.29, 0.717) is 0 Å². The van der Waals surface area contributed by atoms with Gasteiger partial charge in [0.1, 0.15) is 5.01 Å². The van der Waals surface area contributed by atoms with Crippen LogP contribution in [0.2, 0.25) is 0 Å². The fourth-order valence-corrected chi connectivity index (χ4v) is 2.92. The molecule has 1 aromatic carbocycles. The summed E-state index contributed by atoms with van der Waals surface area (Å²) in [6.07, 6.45) is 3.81. The molecular weight excluding hydrogens is 310 g/mol. The van der Waals surface area contributed by atoms with Crippen molar-refractivity contribution in [2.45, 2.75) is 0 Å². The molecule has 0 saturated heterocycles. The molecule has 0 spiro atoms. The van der Waals surface area contributed by atoms with Gasteiger partial charge in [-0.25, -0.2) is 4.98 Å². The highest BCUT2D eigenvalue weighted by Crippen LogP contribution is 2.29. The molecule has 0 saturated carbocycles. The Bertz CT molecular complexity index is 687. The number of aryl methyl sites for hydroxylation is 1. The molecule has 0 aliphatic carbocycles. The van der Waals surface area contributed by atoms with E-state index < -0.39 is 0 Å². The summed E-state index contributed by atoms with van der Waals surface area (Å²) in [7, 11) is 1.91. The van der Waals surface area contributed by atoms with Crippen molar-refractivity contribution in [2.24, 2.45) is 7.05 Å². The van der Waals surface area contributed by atoms with Gasteiger partial charge in [-0.15, -0.1) is 11.3 Å². The zero-order valence-corrected chi connectivity index (χ0v) is 12.1. The van der Waals surface area contributed by atoms with Crippen molar-refractivity contribution in [3.8, 4) is 21.8 Å². The van der Waals surface area contributed by atoms with Gasteiger partial charge in [0.25, 0.3) is 0 Å². The Hall–Kier alpha value is -1.46. The van der Waals surface area contributed by atoms with Crippen molar-refractivity contribution in [3.63, 3.8) is 0 Å². The van der Waals surface area contributed by atoms with Gasteiger partial charge in [-0.1, -0.05) is 28.1 Å². The van der Waals surface area contributed by atoms with Crippen LogP contribution in [0.25, 0.3) is 21.8 Å². The van der Waals surface area contributed by atoms with Gasteiger partial charge in [-0.2, -0.15) is 5.10 Å². The summed E-state index contributed by atoms with van der Waals surface area (Å²) < 4.78 is 2.85. The number of nitrogens with zero attached hydrogens (tertiary/aromatic N) is 3. The second kappa shape index (κ2) is 4.66. The second-order valence-electron chi connectivity index (χ2n) is 3.95. The van der Waals surface area contributed by atoms with Crippen molar-refractivity contribution < 1.29 is 0 Å². The van der Waals surface area contributed by atoms with Gasteiger partial charge in [0, 0.05) is 34.2 Å². The van der Waals surface area contributed by atoms with Crippen LogP contribution >= 0.6 is 27.3 Å². The standard InChI is InChI=1S/C13H10BrN3S/c1-17-7-10(6-15-17)13-16-12(8-18-13)9-3-2-4-11(14)5-9/h2-8H,1H3. The lowest BCUT2D eigenvalue weighted by Crippen LogP contribution is -1.84. The number of hydrogen-bond donors (Lipinski definition) is 0. The molecule has 18 heavy (non-hydrogen) atoms. The van der Waals surface area contributed by atoms with Crippen LogP contribution in [-0.4, -0.2) is 14.8 Å². The molecule has 0 aliphatic heterocycles. The summed E-state index contributed by atoms with van der Waals surface area (Å²) in [6, 6.07) is 8.16. The molecule has 3 nitrogen and oxygen atoms in total. The Labute approximate surface area is 117 Å². The molecule has 0 bridgehead atoms. The molecule has 0 amide bonds. The summed E-state index contributed by atoms with van der Waals surface area (Å²) >= 11 is 5.11. The predicted molar refractivity (Wildman–Crippen MR) is 77.5 cm³/mol. The van der Waals surface area contributed by atoms with Crippen LogP contribution in [0, 0.1) is 0 Å². The summed E-state index contributed by atoms with van der Waals surface area (Å²) in [5.74, 6) is 0. The van der Waals surface area contributed by atoms with Gasteiger partial charge in [0.2, 0.25) is 0 Å². The van der Waals surface area contributed by atoms with Gasteiger partial charge in [-0.3, -0.25) is 4.68 Å². The molecule has 90 valence electrons. The highest BCUT2D eigenvalue weighted by molar-refractivity contribution is 9.10. The first-order chi connectivity index (χ1) is 8.72. The first-order valence-corrected chi connectivity index (χ1v) is 7.10. The normalized spacial score (nSPS) is 10.8. The maximum Gasteiger partial charge on any atom is 0.127 e. The Kier molecular flexibility index (Phi) is 3.01. The van der Waals surface area contributed by atoms with E-state index in [9.17, 15) is 0 Å². The van der Waals surface area contributed by atoms with Crippen molar-refractivity contribution in [3.05, 3.63) is 46.5 Å². The molecular formula is C13H10BrN3S. The Morgan fingerprint density at radius 1 is 1.28 bits per heavy atom.